The van der Waals surface area contributed by atoms with Crippen LogP contribution in [0.2, 0.25) is 0 Å². The predicted octanol–water partition coefficient (Wildman–Crippen LogP) is 4.33. The van der Waals surface area contributed by atoms with E-state index in [2.05, 4.69) is 27.0 Å². The molecule has 0 bridgehead atoms. The summed E-state index contributed by atoms with van der Waals surface area (Å²) in [6, 6.07) is 10.7. The molecule has 6 heterocycles. The third kappa shape index (κ3) is 5.54. The third-order valence-electron chi connectivity index (χ3n) is 10.3. The number of carbonyl (C=O) groups excluding carboxylic acids is 1. The van der Waals surface area contributed by atoms with Crippen molar-refractivity contribution in [3.05, 3.63) is 105 Å². The third-order valence-corrected chi connectivity index (χ3v) is 10.3. The molecule has 2 aliphatic heterocycles. The van der Waals surface area contributed by atoms with Gasteiger partial charge in [0.1, 0.15) is 22.8 Å². The molecule has 5 aromatic rings. The van der Waals surface area contributed by atoms with Crippen LogP contribution in [0, 0.1) is 5.82 Å². The van der Waals surface area contributed by atoms with Gasteiger partial charge in [0.25, 0.3) is 11.1 Å². The molecule has 252 valence electrons. The second-order valence-electron chi connectivity index (χ2n) is 13.4. The highest BCUT2D eigenvalue weighted by atomic mass is 19.1. The normalized spacial score (nSPS) is 18.3. The average Bonchev–Trinajstić information content (AvgIpc) is 3.47. The van der Waals surface area contributed by atoms with E-state index < -0.39 is 5.82 Å². The first-order valence-electron chi connectivity index (χ1n) is 16.8. The van der Waals surface area contributed by atoms with Gasteiger partial charge in [-0.3, -0.25) is 23.9 Å². The van der Waals surface area contributed by atoms with Crippen LogP contribution in [-0.4, -0.2) is 74.6 Å². The highest BCUT2D eigenvalue weighted by Gasteiger charge is 2.33. The lowest BCUT2D eigenvalue weighted by Gasteiger charge is -2.47. The van der Waals surface area contributed by atoms with E-state index in [1.807, 2.05) is 22.6 Å². The van der Waals surface area contributed by atoms with Crippen molar-refractivity contribution in [2.45, 2.75) is 44.7 Å². The molecular weight excluding hydrogens is 625 g/mol. The highest BCUT2D eigenvalue weighted by Crippen LogP contribution is 2.31. The summed E-state index contributed by atoms with van der Waals surface area (Å²) in [6.45, 7) is 6.57. The fraction of sp³-hybridized carbons (Fsp3) is 0.351. The van der Waals surface area contributed by atoms with E-state index in [9.17, 15) is 14.4 Å². The number of aldehydes is 1. The summed E-state index contributed by atoms with van der Waals surface area (Å²) in [5, 5.41) is 3.13. The molecule has 0 radical (unpaired) electrons. The van der Waals surface area contributed by atoms with E-state index in [4.69, 9.17) is 4.74 Å². The number of hydrogen-bond acceptors (Lipinski definition) is 8. The first kappa shape index (κ1) is 31.2. The number of ether oxygens (including phenoxy) is 1. The Morgan fingerprint density at radius 3 is 2.59 bits per heavy atom. The smallest absolute Gasteiger partial charge is 0.279 e. The molecule has 8 rings (SSSR count). The van der Waals surface area contributed by atoms with Crippen LogP contribution in [0.4, 0.5) is 21.6 Å². The lowest BCUT2D eigenvalue weighted by atomic mass is 9.98. The summed E-state index contributed by atoms with van der Waals surface area (Å²) in [6.07, 6.45) is 11.3. The van der Waals surface area contributed by atoms with Crippen LogP contribution in [0.15, 0.2) is 70.8 Å². The molecule has 3 aliphatic rings. The van der Waals surface area contributed by atoms with Crippen LogP contribution in [0.5, 0.6) is 0 Å². The number of anilines is 3. The minimum atomic E-state index is -0.617. The van der Waals surface area contributed by atoms with E-state index in [1.165, 1.54) is 21.3 Å². The lowest BCUT2D eigenvalue weighted by Crippen LogP contribution is -2.60. The molecule has 1 aliphatic carbocycles. The van der Waals surface area contributed by atoms with Crippen LogP contribution in [0.25, 0.3) is 22.3 Å². The Bertz CT molecular complexity index is 2200. The quantitative estimate of drug-likeness (QED) is 0.257. The van der Waals surface area contributed by atoms with Crippen molar-refractivity contribution in [2.24, 2.45) is 7.05 Å². The zero-order valence-electron chi connectivity index (χ0n) is 27.6. The van der Waals surface area contributed by atoms with Crippen LogP contribution in [0.1, 0.15) is 41.4 Å². The van der Waals surface area contributed by atoms with Crippen molar-refractivity contribution in [1.29, 1.82) is 0 Å². The number of benzene rings is 1. The molecular formula is C37H38FN7O4. The molecule has 11 nitrogen and oxygen atoms in total. The molecule has 1 atom stereocenters. The number of nitrogens with zero attached hydrogens (tertiary/aromatic N) is 6. The van der Waals surface area contributed by atoms with Crippen molar-refractivity contribution in [2.75, 3.05) is 43.1 Å². The van der Waals surface area contributed by atoms with Gasteiger partial charge < -0.3 is 23.9 Å². The maximum Gasteiger partial charge on any atom is 0.279 e. The summed E-state index contributed by atoms with van der Waals surface area (Å²) in [5.41, 5.74) is 4.29. The Hall–Kier alpha value is -5.07. The number of nitrogens with one attached hydrogen (secondary N) is 1. The summed E-state index contributed by atoms with van der Waals surface area (Å²) >= 11 is 0. The number of rotatable bonds is 7. The van der Waals surface area contributed by atoms with Crippen molar-refractivity contribution >= 4 is 29.0 Å². The van der Waals surface area contributed by atoms with Gasteiger partial charge in [-0.15, -0.1) is 0 Å². The Morgan fingerprint density at radius 2 is 1.86 bits per heavy atom. The number of aryl methyl sites for hydroxylation is 3. The van der Waals surface area contributed by atoms with Gasteiger partial charge in [0.2, 0.25) is 0 Å². The molecule has 1 aromatic carbocycles. The van der Waals surface area contributed by atoms with Crippen molar-refractivity contribution in [3.63, 3.8) is 0 Å². The number of piperazine rings is 1. The fourth-order valence-corrected chi connectivity index (χ4v) is 7.64. The van der Waals surface area contributed by atoms with Gasteiger partial charge in [-0.1, -0.05) is 0 Å². The molecule has 0 amide bonds. The summed E-state index contributed by atoms with van der Waals surface area (Å²) < 4.78 is 25.3. The largest absolute Gasteiger partial charge is 0.378 e. The second kappa shape index (κ2) is 12.4. The van der Waals surface area contributed by atoms with Gasteiger partial charge in [0.05, 0.1) is 36.8 Å². The molecule has 2 saturated heterocycles. The van der Waals surface area contributed by atoms with Crippen molar-refractivity contribution in [3.8, 4) is 16.8 Å². The molecule has 49 heavy (non-hydrogen) atoms. The standard InChI is InChI=1S/C37H38FN7O4/c1-23-18-42(9-10-43(23)28-21-49-22-28)27-7-8-35(39-17-27)40-31-13-25(19-41(2)36(31)47)29-15-26(38)16-33(30(29)20-46)45-12-11-44-32-6-4-3-5-24(32)14-34(44)37(45)48/h7-8,11-17,19-20,23,28H,3-6,9-10,18,21-22H2,1-2H3,(H,39,40). The Labute approximate surface area is 282 Å². The van der Waals surface area contributed by atoms with Crippen LogP contribution < -0.4 is 21.3 Å². The van der Waals surface area contributed by atoms with Gasteiger partial charge in [-0.25, -0.2) is 9.37 Å². The summed E-state index contributed by atoms with van der Waals surface area (Å²) in [4.78, 5) is 49.1. The summed E-state index contributed by atoms with van der Waals surface area (Å²) in [7, 11) is 1.59. The highest BCUT2D eigenvalue weighted by molar-refractivity contribution is 5.92. The second-order valence-corrected chi connectivity index (χ2v) is 13.4. The number of halogens is 1. The number of aromatic nitrogens is 4. The first-order chi connectivity index (χ1) is 23.8. The van der Waals surface area contributed by atoms with Gasteiger partial charge in [0.15, 0.2) is 6.29 Å². The number of hydrogen-bond donors (Lipinski definition) is 1. The average molecular weight is 664 g/mol. The van der Waals surface area contributed by atoms with Gasteiger partial charge in [-0.05, 0) is 80.1 Å². The van der Waals surface area contributed by atoms with Crippen LogP contribution in [-0.2, 0) is 24.6 Å². The molecule has 0 spiro atoms. The topological polar surface area (TPSA) is 106 Å². The van der Waals surface area contributed by atoms with E-state index in [0.717, 1.165) is 75.5 Å². The molecule has 1 unspecified atom stereocenters. The molecule has 1 N–H and O–H groups in total. The SMILES string of the molecule is CC1CN(c2ccc(Nc3cc(-c4cc(F)cc(-n5ccn6c7c(cc6c5=O)CCCC7)c4C=O)cn(C)c3=O)nc2)CCN1C1COC1. The molecule has 4 aromatic heterocycles. The molecule has 12 heteroatoms. The van der Waals surface area contributed by atoms with E-state index in [-0.39, 0.29) is 33.6 Å². The van der Waals surface area contributed by atoms with Gasteiger partial charge in [-0.2, -0.15) is 0 Å². The molecule has 0 saturated carbocycles. The summed E-state index contributed by atoms with van der Waals surface area (Å²) in [5.74, 6) is -0.143. The van der Waals surface area contributed by atoms with E-state index in [0.29, 0.717) is 35.3 Å². The van der Waals surface area contributed by atoms with E-state index >= 15 is 4.39 Å². The fourth-order valence-electron chi connectivity index (χ4n) is 7.64. The van der Waals surface area contributed by atoms with Gasteiger partial charge >= 0.3 is 0 Å². The predicted molar refractivity (Wildman–Crippen MR) is 186 cm³/mol. The number of fused-ring (bicyclic) bond motifs is 3. The van der Waals surface area contributed by atoms with Crippen LogP contribution in [0.3, 0.4) is 0 Å². The Kier molecular flexibility index (Phi) is 7.92. The minimum Gasteiger partial charge on any atom is -0.378 e. The Morgan fingerprint density at radius 1 is 1.02 bits per heavy atom. The number of carbonyl (C=O) groups is 1. The van der Waals surface area contributed by atoms with Crippen molar-refractivity contribution in [1.82, 2.24) is 23.4 Å². The van der Waals surface area contributed by atoms with Gasteiger partial charge in [0, 0.05) is 68.1 Å². The zero-order valence-corrected chi connectivity index (χ0v) is 27.6. The monoisotopic (exact) mass is 663 g/mol. The first-order valence-corrected chi connectivity index (χ1v) is 16.8. The molecule has 2 fully saturated rings. The Balaban J connectivity index is 1.10. The lowest BCUT2D eigenvalue weighted by molar-refractivity contribution is -0.0792. The van der Waals surface area contributed by atoms with Crippen LogP contribution >= 0.6 is 0 Å². The van der Waals surface area contributed by atoms with Crippen molar-refractivity contribution < 1.29 is 13.9 Å². The minimum absolute atomic E-state index is 0.133. The number of pyridine rings is 2. The zero-order chi connectivity index (χ0) is 33.8. The van der Waals surface area contributed by atoms with E-state index in [1.54, 1.807) is 37.9 Å². The maximum atomic E-state index is 15.3. The maximum absolute atomic E-state index is 15.3.